The number of carbonyl (C=O) groups is 1. The van der Waals surface area contributed by atoms with Crippen LogP contribution in [0.5, 0.6) is 0 Å². The van der Waals surface area contributed by atoms with Crippen LogP contribution in [-0.4, -0.2) is 41.0 Å². The number of hydrogen-bond acceptors (Lipinski definition) is 4. The fourth-order valence-corrected chi connectivity index (χ4v) is 1.65. The average Bonchev–Trinajstić information content (AvgIpc) is 2.02. The molecular weight excluding hydrogens is 214 g/mol. The van der Waals surface area contributed by atoms with Crippen molar-refractivity contribution in [3.63, 3.8) is 0 Å². The lowest BCUT2D eigenvalue weighted by Crippen LogP contribution is -2.43. The molecule has 2 unspecified atom stereocenters. The fourth-order valence-electron chi connectivity index (χ4n) is 1.02. The minimum Gasteiger partial charge on any atom is -0.444 e. The first-order valence-corrected chi connectivity index (χ1v) is 6.22. The summed E-state index contributed by atoms with van der Waals surface area (Å²) in [5.74, 6) is 0. The van der Waals surface area contributed by atoms with E-state index in [1.807, 2.05) is 34.0 Å². The lowest BCUT2D eigenvalue weighted by molar-refractivity contribution is 0.0504. The summed E-state index contributed by atoms with van der Waals surface area (Å²) in [5.41, 5.74) is -0.488. The lowest BCUT2D eigenvalue weighted by atomic mass is 10.2. The van der Waals surface area contributed by atoms with Gasteiger partial charge < -0.3 is 15.2 Å². The molecule has 0 radical (unpaired) electrons. The molecule has 0 spiro atoms. The third-order valence-corrected chi connectivity index (χ3v) is 2.95. The monoisotopic (exact) mass is 235 g/mol. The number of amides is 1. The Morgan fingerprint density at radius 2 is 2.07 bits per heavy atom. The van der Waals surface area contributed by atoms with Crippen LogP contribution in [0.25, 0.3) is 0 Å². The van der Waals surface area contributed by atoms with Crippen molar-refractivity contribution < 1.29 is 14.6 Å². The van der Waals surface area contributed by atoms with Crippen LogP contribution in [0.1, 0.15) is 27.7 Å². The molecular formula is C10H21NO3S. The summed E-state index contributed by atoms with van der Waals surface area (Å²) in [6.45, 7) is 7.33. The third kappa shape index (κ3) is 6.62. The summed E-state index contributed by atoms with van der Waals surface area (Å²) >= 11 is 1.52. The van der Waals surface area contributed by atoms with Crippen LogP contribution in [0.4, 0.5) is 4.79 Å². The molecule has 0 rings (SSSR count). The standard InChI is InChI=1S/C10H21NO3S/c1-7(8(6-12)15-5)11-9(13)14-10(2,3)4/h7-8,12H,6H2,1-5H3,(H,11,13). The predicted molar refractivity (Wildman–Crippen MR) is 63.2 cm³/mol. The van der Waals surface area contributed by atoms with E-state index in [4.69, 9.17) is 9.84 Å². The van der Waals surface area contributed by atoms with Crippen molar-refractivity contribution in [3.05, 3.63) is 0 Å². The minimum atomic E-state index is -0.488. The molecule has 90 valence electrons. The zero-order chi connectivity index (χ0) is 12.1. The van der Waals surface area contributed by atoms with Crippen LogP contribution in [-0.2, 0) is 4.74 Å². The maximum Gasteiger partial charge on any atom is 0.407 e. The molecule has 0 aromatic rings. The highest BCUT2D eigenvalue weighted by molar-refractivity contribution is 7.99. The van der Waals surface area contributed by atoms with Crippen molar-refractivity contribution in [1.29, 1.82) is 0 Å². The number of thioether (sulfide) groups is 1. The Bertz CT molecular complexity index is 199. The molecule has 0 aromatic carbocycles. The van der Waals surface area contributed by atoms with E-state index in [1.54, 1.807) is 0 Å². The molecule has 4 nitrogen and oxygen atoms in total. The van der Waals surface area contributed by atoms with Crippen LogP contribution in [0.2, 0.25) is 0 Å². The highest BCUT2D eigenvalue weighted by atomic mass is 32.2. The third-order valence-electron chi connectivity index (χ3n) is 1.78. The van der Waals surface area contributed by atoms with Crippen molar-refractivity contribution in [2.45, 2.75) is 44.6 Å². The normalized spacial score (nSPS) is 15.6. The zero-order valence-corrected chi connectivity index (χ0v) is 10.9. The average molecular weight is 235 g/mol. The summed E-state index contributed by atoms with van der Waals surface area (Å²) in [5, 5.41) is 11.7. The van der Waals surface area contributed by atoms with E-state index in [-0.39, 0.29) is 17.9 Å². The van der Waals surface area contributed by atoms with Gasteiger partial charge in [-0.1, -0.05) is 0 Å². The summed E-state index contributed by atoms with van der Waals surface area (Å²) < 4.78 is 5.11. The van der Waals surface area contributed by atoms with Gasteiger partial charge in [0.05, 0.1) is 6.61 Å². The van der Waals surface area contributed by atoms with Crippen LogP contribution in [0, 0.1) is 0 Å². The van der Waals surface area contributed by atoms with Gasteiger partial charge in [-0.05, 0) is 34.0 Å². The molecule has 2 atom stereocenters. The predicted octanol–water partition coefficient (Wildman–Crippen LogP) is 1.62. The minimum absolute atomic E-state index is 0.00230. The van der Waals surface area contributed by atoms with E-state index in [9.17, 15) is 4.79 Å². The van der Waals surface area contributed by atoms with Gasteiger partial charge in [0.2, 0.25) is 0 Å². The number of hydrogen-bond donors (Lipinski definition) is 2. The first-order valence-electron chi connectivity index (χ1n) is 4.93. The molecule has 0 bridgehead atoms. The maximum atomic E-state index is 11.4. The summed E-state index contributed by atoms with van der Waals surface area (Å²) in [7, 11) is 0. The Hall–Kier alpha value is -0.420. The van der Waals surface area contributed by atoms with E-state index in [0.717, 1.165) is 0 Å². The molecule has 0 aromatic heterocycles. The topological polar surface area (TPSA) is 58.6 Å². The molecule has 0 fully saturated rings. The van der Waals surface area contributed by atoms with Crippen molar-refractivity contribution >= 4 is 17.9 Å². The maximum absolute atomic E-state index is 11.4. The molecule has 0 saturated heterocycles. The van der Waals surface area contributed by atoms with E-state index < -0.39 is 11.7 Å². The second-order valence-electron chi connectivity index (χ2n) is 4.39. The van der Waals surface area contributed by atoms with E-state index in [1.165, 1.54) is 11.8 Å². The van der Waals surface area contributed by atoms with Gasteiger partial charge in [0.1, 0.15) is 5.60 Å². The molecule has 0 aliphatic carbocycles. The van der Waals surface area contributed by atoms with E-state index >= 15 is 0 Å². The van der Waals surface area contributed by atoms with Gasteiger partial charge in [-0.3, -0.25) is 0 Å². The van der Waals surface area contributed by atoms with Crippen molar-refractivity contribution in [3.8, 4) is 0 Å². The zero-order valence-electron chi connectivity index (χ0n) is 10.0. The lowest BCUT2D eigenvalue weighted by Gasteiger charge is -2.24. The number of aliphatic hydroxyl groups is 1. The highest BCUT2D eigenvalue weighted by Crippen LogP contribution is 2.12. The fraction of sp³-hybridized carbons (Fsp3) is 0.900. The van der Waals surface area contributed by atoms with Crippen molar-refractivity contribution in [2.75, 3.05) is 12.9 Å². The van der Waals surface area contributed by atoms with Crippen molar-refractivity contribution in [1.82, 2.24) is 5.32 Å². The Kier molecular flexibility index (Phi) is 6.05. The first kappa shape index (κ1) is 14.6. The number of nitrogens with one attached hydrogen (secondary N) is 1. The van der Waals surface area contributed by atoms with E-state index in [0.29, 0.717) is 0 Å². The van der Waals surface area contributed by atoms with Gasteiger partial charge >= 0.3 is 6.09 Å². The van der Waals surface area contributed by atoms with Gasteiger partial charge in [0.15, 0.2) is 0 Å². The summed E-state index contributed by atoms with van der Waals surface area (Å²) in [6.07, 6.45) is 1.45. The summed E-state index contributed by atoms with van der Waals surface area (Å²) in [6, 6.07) is -0.111. The largest absolute Gasteiger partial charge is 0.444 e. The van der Waals surface area contributed by atoms with Crippen LogP contribution >= 0.6 is 11.8 Å². The molecule has 0 saturated carbocycles. The number of ether oxygens (including phenoxy) is 1. The molecule has 0 aliphatic rings. The van der Waals surface area contributed by atoms with Crippen molar-refractivity contribution in [2.24, 2.45) is 0 Å². The second-order valence-corrected chi connectivity index (χ2v) is 5.47. The molecule has 5 heteroatoms. The quantitative estimate of drug-likeness (QED) is 0.777. The SMILES string of the molecule is CSC(CO)C(C)NC(=O)OC(C)(C)C. The Balaban J connectivity index is 4.06. The number of alkyl carbamates (subject to hydrolysis) is 1. The molecule has 2 N–H and O–H groups in total. The highest BCUT2D eigenvalue weighted by Gasteiger charge is 2.21. The van der Waals surface area contributed by atoms with E-state index in [2.05, 4.69) is 5.32 Å². The number of carbonyl (C=O) groups excluding carboxylic acids is 1. The van der Waals surface area contributed by atoms with Gasteiger partial charge in [0, 0.05) is 11.3 Å². The molecule has 1 amide bonds. The first-order chi connectivity index (χ1) is 6.80. The summed E-state index contributed by atoms with van der Waals surface area (Å²) in [4.78, 5) is 11.4. The van der Waals surface area contributed by atoms with Crippen LogP contribution < -0.4 is 5.32 Å². The second kappa shape index (κ2) is 6.23. The van der Waals surface area contributed by atoms with Gasteiger partial charge in [0.25, 0.3) is 0 Å². The van der Waals surface area contributed by atoms with Crippen LogP contribution in [0.15, 0.2) is 0 Å². The van der Waals surface area contributed by atoms with Crippen LogP contribution in [0.3, 0.4) is 0 Å². The molecule has 15 heavy (non-hydrogen) atoms. The molecule has 0 heterocycles. The van der Waals surface area contributed by atoms with Gasteiger partial charge in [-0.25, -0.2) is 4.79 Å². The Morgan fingerprint density at radius 1 is 1.53 bits per heavy atom. The smallest absolute Gasteiger partial charge is 0.407 e. The van der Waals surface area contributed by atoms with Gasteiger partial charge in [-0.15, -0.1) is 0 Å². The Labute approximate surface area is 95.8 Å². The van der Waals surface area contributed by atoms with Gasteiger partial charge in [-0.2, -0.15) is 11.8 Å². The molecule has 0 aliphatic heterocycles. The Morgan fingerprint density at radius 3 is 2.40 bits per heavy atom. The number of rotatable bonds is 4. The number of aliphatic hydroxyl groups excluding tert-OH is 1.